The van der Waals surface area contributed by atoms with Gasteiger partial charge in [0.25, 0.3) is 0 Å². The van der Waals surface area contributed by atoms with E-state index in [0.717, 1.165) is 218 Å². The van der Waals surface area contributed by atoms with Gasteiger partial charge in [-0.3, -0.25) is 37.3 Å². The van der Waals surface area contributed by atoms with Crippen LogP contribution in [0.25, 0.3) is 0 Å². The average Bonchev–Trinajstić information content (AvgIpc) is 0.898. The van der Waals surface area contributed by atoms with Crippen LogP contribution in [0.3, 0.4) is 0 Å². The molecular formula is C93H154O17P2. The lowest BCUT2D eigenvalue weighted by atomic mass is 10.1. The molecule has 0 radical (unpaired) electrons. The van der Waals surface area contributed by atoms with E-state index in [1.807, 2.05) is 0 Å². The Kier molecular flexibility index (Phi) is 79.2. The van der Waals surface area contributed by atoms with Crippen LogP contribution in [0.1, 0.15) is 336 Å². The molecule has 0 aromatic rings. The largest absolute Gasteiger partial charge is 0.472 e. The van der Waals surface area contributed by atoms with Crippen molar-refractivity contribution < 1.29 is 80.2 Å². The lowest BCUT2D eigenvalue weighted by Gasteiger charge is -2.21. The SMILES string of the molecule is CC/C=C\C/C=C\C/C=C\C/C=C\C/C=C\CCCCCC(=O)OCC(COP(=O)(O)OCC(O)COP(=O)(O)OCC(COC(=O)CCCCCCCC/C=C\C/C=C\C/C=C\C/C=C\CC)OC(=O)CCCCCCC/C=C\C/C=C\CCCCC)OC(=O)CCCCCCCC/C=C\C/C=C\C/C=C\CCCCC. The second-order valence-corrected chi connectivity index (χ2v) is 31.3. The van der Waals surface area contributed by atoms with Gasteiger partial charge in [0.1, 0.15) is 19.3 Å². The van der Waals surface area contributed by atoms with Gasteiger partial charge >= 0.3 is 39.5 Å². The highest BCUT2D eigenvalue weighted by Crippen LogP contribution is 2.45. The molecular weight excluding hydrogens is 1450 g/mol. The Bertz CT molecular complexity index is 2790. The van der Waals surface area contributed by atoms with Gasteiger partial charge in [-0.2, -0.15) is 0 Å². The van der Waals surface area contributed by atoms with Crippen molar-refractivity contribution in [2.75, 3.05) is 39.6 Å². The molecule has 0 aliphatic rings. The number of phosphoric ester groups is 2. The number of hydrogen-bond acceptors (Lipinski definition) is 15. The number of ether oxygens (including phenoxy) is 4. The topological polar surface area (TPSA) is 237 Å². The molecule has 3 N–H and O–H groups in total. The number of carbonyl (C=O) groups is 4. The van der Waals surface area contributed by atoms with Crippen molar-refractivity contribution in [1.82, 2.24) is 0 Å². The van der Waals surface area contributed by atoms with E-state index in [1.54, 1.807) is 0 Å². The summed E-state index contributed by atoms with van der Waals surface area (Å²) < 4.78 is 68.8. The molecule has 0 saturated heterocycles. The van der Waals surface area contributed by atoms with Gasteiger partial charge < -0.3 is 33.8 Å². The molecule has 0 heterocycles. The number of esters is 4. The standard InChI is InChI=1S/C93H154O17P2/c1-5-9-13-17-21-25-29-33-37-40-43-46-50-53-57-61-65-69-73-77-90(95)103-83-88(109-92(97)79-75-71-67-63-59-55-49-36-32-28-24-20-16-12-8-4)85-107-111(99,100)105-81-87(94)82-106-112(101,102)108-86-89(110-93(98)80-76-72-68-64-60-56-52-48-45-42-39-35-31-27-23-19-15-11-7-3)84-104-91(96)78-74-70-66-62-58-54-51-47-44-41-38-34-30-26-22-18-14-10-6-2/h9-10,13-14,21-28,33-39,43-49,54,58,87-89,94H,5-8,11-12,15-20,29-32,40-42,50-53,55-57,59-86H2,1-4H3,(H,99,100)(H,101,102)/b13-9-,14-10-,25-21-,26-22-,27-23-,28-24-,37-33-,38-34-,39-35-,46-43-,47-44-,48-45-,49-36-,58-54-. The molecule has 0 rings (SSSR count). The minimum Gasteiger partial charge on any atom is -0.462 e. The first-order valence-electron chi connectivity index (χ1n) is 43.4. The fourth-order valence-corrected chi connectivity index (χ4v) is 12.7. The van der Waals surface area contributed by atoms with Crippen LogP contribution < -0.4 is 0 Å². The van der Waals surface area contributed by atoms with E-state index >= 15 is 0 Å². The summed E-state index contributed by atoms with van der Waals surface area (Å²) in [5.41, 5.74) is 0. The molecule has 0 aliphatic heterocycles. The quantitative estimate of drug-likeness (QED) is 0.0169. The Morgan fingerprint density at radius 3 is 0.723 bits per heavy atom. The summed E-state index contributed by atoms with van der Waals surface area (Å²) in [6.07, 6.45) is 100. The molecule has 0 bridgehead atoms. The van der Waals surface area contributed by atoms with Crippen LogP contribution in [0.4, 0.5) is 0 Å². The highest BCUT2D eigenvalue weighted by molar-refractivity contribution is 7.47. The Labute approximate surface area is 680 Å². The van der Waals surface area contributed by atoms with Crippen molar-refractivity contribution in [3.8, 4) is 0 Å². The zero-order chi connectivity index (χ0) is 81.7. The van der Waals surface area contributed by atoms with Gasteiger partial charge in [-0.05, 0) is 180 Å². The first kappa shape index (κ1) is 106. The van der Waals surface area contributed by atoms with Crippen LogP contribution in [0.5, 0.6) is 0 Å². The fourth-order valence-electron chi connectivity index (χ4n) is 11.1. The lowest BCUT2D eigenvalue weighted by molar-refractivity contribution is -0.161. The second kappa shape index (κ2) is 83.4. The van der Waals surface area contributed by atoms with Crippen LogP contribution >= 0.6 is 15.6 Å². The summed E-state index contributed by atoms with van der Waals surface area (Å²) in [4.78, 5) is 73.3. The van der Waals surface area contributed by atoms with E-state index in [0.29, 0.717) is 25.7 Å². The summed E-state index contributed by atoms with van der Waals surface area (Å²) in [7, 11) is -10.0. The molecule has 0 saturated carbocycles. The third-order valence-corrected chi connectivity index (χ3v) is 19.5. The van der Waals surface area contributed by atoms with Crippen molar-refractivity contribution in [1.29, 1.82) is 0 Å². The van der Waals surface area contributed by atoms with Gasteiger partial charge in [-0.25, -0.2) is 9.13 Å². The van der Waals surface area contributed by atoms with E-state index in [2.05, 4.69) is 198 Å². The number of aliphatic hydroxyl groups is 1. The molecule has 17 nitrogen and oxygen atoms in total. The van der Waals surface area contributed by atoms with E-state index in [9.17, 15) is 43.2 Å². The lowest BCUT2D eigenvalue weighted by Crippen LogP contribution is -2.30. The molecule has 19 heteroatoms. The molecule has 112 heavy (non-hydrogen) atoms. The molecule has 0 spiro atoms. The van der Waals surface area contributed by atoms with Crippen molar-refractivity contribution in [3.63, 3.8) is 0 Å². The van der Waals surface area contributed by atoms with Crippen LogP contribution in [0.2, 0.25) is 0 Å². The van der Waals surface area contributed by atoms with E-state index in [1.165, 1.54) is 38.5 Å². The maximum Gasteiger partial charge on any atom is 0.472 e. The Hall–Kier alpha value is -5.58. The molecule has 5 unspecified atom stereocenters. The first-order chi connectivity index (χ1) is 54.7. The van der Waals surface area contributed by atoms with Crippen molar-refractivity contribution >= 4 is 39.5 Å². The van der Waals surface area contributed by atoms with Crippen molar-refractivity contribution in [3.05, 3.63) is 170 Å². The Morgan fingerprint density at radius 1 is 0.259 bits per heavy atom. The van der Waals surface area contributed by atoms with Gasteiger partial charge in [0.05, 0.1) is 26.4 Å². The molecule has 638 valence electrons. The Morgan fingerprint density at radius 2 is 0.464 bits per heavy atom. The minimum absolute atomic E-state index is 0.0667. The fraction of sp³-hybridized carbons (Fsp3) is 0.656. The number of hydrogen-bond donors (Lipinski definition) is 3. The predicted octanol–water partition coefficient (Wildman–Crippen LogP) is 26.1. The third-order valence-electron chi connectivity index (χ3n) is 17.6. The maximum atomic E-state index is 13.2. The minimum atomic E-state index is -5.00. The summed E-state index contributed by atoms with van der Waals surface area (Å²) in [5, 5.41) is 10.7. The van der Waals surface area contributed by atoms with Crippen LogP contribution in [-0.4, -0.2) is 96.7 Å². The zero-order valence-corrected chi connectivity index (χ0v) is 71.8. The predicted molar refractivity (Wildman–Crippen MR) is 463 cm³/mol. The van der Waals surface area contributed by atoms with Crippen LogP contribution in [-0.2, 0) is 65.4 Å². The summed E-state index contributed by atoms with van der Waals surface area (Å²) in [6.45, 7) is 4.53. The maximum absolute atomic E-state index is 13.2. The average molecular weight is 1610 g/mol. The highest BCUT2D eigenvalue weighted by atomic mass is 31.2. The number of carbonyl (C=O) groups excluding carboxylic acids is 4. The van der Waals surface area contributed by atoms with E-state index in [-0.39, 0.29) is 25.7 Å². The van der Waals surface area contributed by atoms with Crippen molar-refractivity contribution in [2.24, 2.45) is 0 Å². The van der Waals surface area contributed by atoms with E-state index in [4.69, 9.17) is 37.0 Å². The number of allylic oxidation sites excluding steroid dienone is 28. The van der Waals surface area contributed by atoms with Gasteiger partial charge in [-0.15, -0.1) is 0 Å². The summed E-state index contributed by atoms with van der Waals surface area (Å²) >= 11 is 0. The molecule has 0 aromatic carbocycles. The van der Waals surface area contributed by atoms with Crippen LogP contribution in [0.15, 0.2) is 170 Å². The second-order valence-electron chi connectivity index (χ2n) is 28.4. The number of rotatable bonds is 80. The van der Waals surface area contributed by atoms with E-state index < -0.39 is 97.5 Å². The summed E-state index contributed by atoms with van der Waals surface area (Å²) in [5.74, 6) is -2.26. The smallest absolute Gasteiger partial charge is 0.462 e. The van der Waals surface area contributed by atoms with Gasteiger partial charge in [0, 0.05) is 25.7 Å². The normalized spacial score (nSPS) is 14.6. The first-order valence-corrected chi connectivity index (χ1v) is 46.4. The number of unbranched alkanes of at least 4 members (excludes halogenated alkanes) is 26. The number of phosphoric acid groups is 2. The molecule has 0 amide bonds. The molecule has 5 atom stereocenters. The van der Waals surface area contributed by atoms with Crippen molar-refractivity contribution in [2.45, 2.75) is 354 Å². The Balaban J connectivity index is 5.46. The van der Waals surface area contributed by atoms with Gasteiger partial charge in [-0.1, -0.05) is 301 Å². The third kappa shape index (κ3) is 82.4. The van der Waals surface area contributed by atoms with Gasteiger partial charge in [0.2, 0.25) is 0 Å². The van der Waals surface area contributed by atoms with Gasteiger partial charge in [0.15, 0.2) is 12.2 Å². The number of aliphatic hydroxyl groups excluding tert-OH is 1. The molecule has 0 aromatic heterocycles. The molecule has 0 fully saturated rings. The zero-order valence-electron chi connectivity index (χ0n) is 70.0. The van der Waals surface area contributed by atoms with Crippen LogP contribution in [0, 0.1) is 0 Å². The monoisotopic (exact) mass is 1610 g/mol. The highest BCUT2D eigenvalue weighted by Gasteiger charge is 2.30. The summed E-state index contributed by atoms with van der Waals surface area (Å²) in [6, 6.07) is 0. The molecule has 0 aliphatic carbocycles.